The van der Waals surface area contributed by atoms with Crippen molar-refractivity contribution in [2.45, 2.75) is 33.7 Å². The Morgan fingerprint density at radius 3 is 2.53 bits per heavy atom. The van der Waals surface area contributed by atoms with Crippen LogP contribution in [0.15, 0.2) is 60.7 Å². The maximum absolute atomic E-state index is 13.5. The average molecular weight is 458 g/mol. The molecule has 0 aliphatic carbocycles. The van der Waals surface area contributed by atoms with Crippen LogP contribution in [0.4, 0.5) is 16.2 Å². The molecular weight excluding hydrogens is 426 g/mol. The van der Waals surface area contributed by atoms with E-state index >= 15 is 0 Å². The molecule has 176 valence electrons. The molecule has 1 heterocycles. The minimum absolute atomic E-state index is 0.0483. The van der Waals surface area contributed by atoms with Crippen LogP contribution in [-0.2, 0) is 6.54 Å². The number of hydrogen-bond acceptors (Lipinski definition) is 3. The second kappa shape index (κ2) is 10.00. The fourth-order valence-corrected chi connectivity index (χ4v) is 4.27. The van der Waals surface area contributed by atoms with Gasteiger partial charge in [0.05, 0.1) is 18.5 Å². The minimum atomic E-state index is -0.248. The minimum Gasteiger partial charge on any atom is -0.497 e. The van der Waals surface area contributed by atoms with E-state index in [-0.39, 0.29) is 11.9 Å². The van der Waals surface area contributed by atoms with Gasteiger partial charge in [0.2, 0.25) is 0 Å². The van der Waals surface area contributed by atoms with E-state index in [0.717, 1.165) is 17.5 Å². The molecule has 0 bridgehead atoms. The van der Waals surface area contributed by atoms with Crippen molar-refractivity contribution < 1.29 is 14.3 Å². The average Bonchev–Trinajstić information content (AvgIpc) is 2.83. The number of rotatable bonds is 6. The third-order valence-electron chi connectivity index (χ3n) is 6.20. The highest BCUT2D eigenvalue weighted by Crippen LogP contribution is 2.31. The van der Waals surface area contributed by atoms with Gasteiger partial charge in [0, 0.05) is 25.2 Å². The van der Waals surface area contributed by atoms with Gasteiger partial charge in [-0.05, 0) is 74.2 Å². The smallest absolute Gasteiger partial charge is 0.324 e. The van der Waals surface area contributed by atoms with E-state index < -0.39 is 0 Å². The van der Waals surface area contributed by atoms with Crippen LogP contribution in [-0.4, -0.2) is 37.0 Å². The van der Waals surface area contributed by atoms with Gasteiger partial charge in [0.25, 0.3) is 5.91 Å². The number of benzene rings is 3. The van der Waals surface area contributed by atoms with Gasteiger partial charge < -0.3 is 15.0 Å². The molecule has 3 amide bonds. The lowest BCUT2D eigenvalue weighted by molar-refractivity contribution is 0.102. The van der Waals surface area contributed by atoms with Crippen LogP contribution in [0.5, 0.6) is 5.75 Å². The maximum Gasteiger partial charge on any atom is 0.324 e. The molecule has 0 saturated carbocycles. The zero-order valence-electron chi connectivity index (χ0n) is 20.2. The van der Waals surface area contributed by atoms with Crippen LogP contribution in [0.3, 0.4) is 0 Å². The van der Waals surface area contributed by atoms with Gasteiger partial charge in [-0.3, -0.25) is 9.69 Å². The van der Waals surface area contributed by atoms with Crippen LogP contribution in [0.1, 0.15) is 39.0 Å². The number of methoxy groups -OCH3 is 1. The summed E-state index contributed by atoms with van der Waals surface area (Å²) in [4.78, 5) is 30.2. The Balaban J connectivity index is 1.59. The summed E-state index contributed by atoms with van der Waals surface area (Å²) in [6, 6.07) is 19.1. The van der Waals surface area contributed by atoms with Crippen molar-refractivity contribution in [3.05, 3.63) is 88.5 Å². The van der Waals surface area contributed by atoms with Crippen LogP contribution in [0.2, 0.25) is 0 Å². The third-order valence-corrected chi connectivity index (χ3v) is 6.20. The molecule has 0 unspecified atom stereocenters. The standard InChI is InChI=1S/C28H31N3O3/c1-19-9-11-21(3)23(15-19)18-30-13-6-14-31(28(30)33)26-12-10-20(2)16-25(26)29-27(32)22-7-5-8-24(17-22)34-4/h5,7-12,15-17H,6,13-14,18H2,1-4H3,(H,29,32). The monoisotopic (exact) mass is 457 g/mol. The molecule has 6 heteroatoms. The lowest BCUT2D eigenvalue weighted by Gasteiger charge is -2.37. The molecule has 1 fully saturated rings. The van der Waals surface area contributed by atoms with Crippen molar-refractivity contribution in [1.29, 1.82) is 0 Å². The van der Waals surface area contributed by atoms with E-state index in [0.29, 0.717) is 42.3 Å². The maximum atomic E-state index is 13.5. The molecule has 34 heavy (non-hydrogen) atoms. The van der Waals surface area contributed by atoms with Gasteiger partial charge in [-0.25, -0.2) is 4.79 Å². The fourth-order valence-electron chi connectivity index (χ4n) is 4.27. The van der Waals surface area contributed by atoms with E-state index in [1.165, 1.54) is 11.1 Å². The summed E-state index contributed by atoms with van der Waals surface area (Å²) >= 11 is 0. The Kier molecular flexibility index (Phi) is 6.87. The molecule has 1 N–H and O–H groups in total. The van der Waals surface area contributed by atoms with Crippen molar-refractivity contribution in [1.82, 2.24) is 4.90 Å². The van der Waals surface area contributed by atoms with Crippen LogP contribution >= 0.6 is 0 Å². The summed E-state index contributed by atoms with van der Waals surface area (Å²) in [5.41, 5.74) is 6.34. The Hall–Kier alpha value is -3.80. The zero-order valence-corrected chi connectivity index (χ0v) is 20.2. The number of ether oxygens (including phenoxy) is 1. The first-order chi connectivity index (χ1) is 16.4. The number of nitrogens with one attached hydrogen (secondary N) is 1. The van der Waals surface area contributed by atoms with Gasteiger partial charge in [0.15, 0.2) is 0 Å². The molecule has 3 aromatic rings. The number of amides is 3. The van der Waals surface area contributed by atoms with Crippen LogP contribution in [0, 0.1) is 20.8 Å². The summed E-state index contributed by atoms with van der Waals surface area (Å²) in [6.07, 6.45) is 0.855. The van der Waals surface area contributed by atoms with Gasteiger partial charge in [0.1, 0.15) is 5.75 Å². The van der Waals surface area contributed by atoms with E-state index in [1.54, 1.807) is 36.3 Å². The highest BCUT2D eigenvalue weighted by Gasteiger charge is 2.29. The molecule has 0 radical (unpaired) electrons. The molecule has 6 nitrogen and oxygen atoms in total. The third kappa shape index (κ3) is 5.06. The van der Waals surface area contributed by atoms with E-state index in [1.807, 2.05) is 30.0 Å². The number of hydrogen-bond donors (Lipinski definition) is 1. The van der Waals surface area contributed by atoms with Crippen molar-refractivity contribution in [2.75, 3.05) is 30.4 Å². The largest absolute Gasteiger partial charge is 0.497 e. The molecule has 3 aromatic carbocycles. The van der Waals surface area contributed by atoms with Crippen molar-refractivity contribution in [3.8, 4) is 5.75 Å². The van der Waals surface area contributed by atoms with E-state index in [4.69, 9.17) is 4.74 Å². The zero-order chi connectivity index (χ0) is 24.2. The normalized spacial score (nSPS) is 13.7. The lowest BCUT2D eigenvalue weighted by atomic mass is 10.0. The Bertz CT molecular complexity index is 1220. The Morgan fingerprint density at radius 1 is 0.971 bits per heavy atom. The molecule has 1 saturated heterocycles. The molecule has 0 spiro atoms. The topological polar surface area (TPSA) is 61.9 Å². The summed E-state index contributed by atoms with van der Waals surface area (Å²) in [5.74, 6) is 0.368. The number of urea groups is 1. The molecule has 0 aromatic heterocycles. The molecular formula is C28H31N3O3. The second-order valence-corrected chi connectivity index (χ2v) is 8.85. The first kappa shape index (κ1) is 23.4. The fraction of sp³-hybridized carbons (Fsp3) is 0.286. The van der Waals surface area contributed by atoms with Gasteiger partial charge in [-0.15, -0.1) is 0 Å². The predicted octanol–water partition coefficient (Wildman–Crippen LogP) is 5.71. The number of aryl methyl sites for hydroxylation is 3. The summed E-state index contributed by atoms with van der Waals surface area (Å²) in [7, 11) is 1.57. The summed E-state index contributed by atoms with van der Waals surface area (Å²) < 4.78 is 5.25. The summed E-state index contributed by atoms with van der Waals surface area (Å²) in [6.45, 7) is 7.99. The SMILES string of the molecule is COc1cccc(C(=O)Nc2cc(C)ccc2N2CCCN(Cc3cc(C)ccc3C)C2=O)c1. The Morgan fingerprint density at radius 2 is 1.74 bits per heavy atom. The number of carbonyl (C=O) groups excluding carboxylic acids is 2. The van der Waals surface area contributed by atoms with Crippen molar-refractivity contribution in [2.24, 2.45) is 0 Å². The quantitative estimate of drug-likeness (QED) is 0.516. The number of nitrogens with zero attached hydrogens (tertiary/aromatic N) is 2. The highest BCUT2D eigenvalue weighted by atomic mass is 16.5. The van der Waals surface area contributed by atoms with Crippen molar-refractivity contribution >= 4 is 23.3 Å². The first-order valence-corrected chi connectivity index (χ1v) is 11.5. The first-order valence-electron chi connectivity index (χ1n) is 11.5. The number of carbonyl (C=O) groups is 2. The van der Waals surface area contributed by atoms with E-state index in [9.17, 15) is 9.59 Å². The molecule has 1 aliphatic heterocycles. The van der Waals surface area contributed by atoms with E-state index in [2.05, 4.69) is 37.4 Å². The second-order valence-electron chi connectivity index (χ2n) is 8.85. The van der Waals surface area contributed by atoms with Crippen molar-refractivity contribution in [3.63, 3.8) is 0 Å². The van der Waals surface area contributed by atoms with Gasteiger partial charge in [-0.1, -0.05) is 35.9 Å². The molecule has 4 rings (SSSR count). The molecule has 0 atom stereocenters. The van der Waals surface area contributed by atoms with Gasteiger partial charge in [-0.2, -0.15) is 0 Å². The Labute approximate surface area is 201 Å². The highest BCUT2D eigenvalue weighted by molar-refractivity contribution is 6.08. The summed E-state index contributed by atoms with van der Waals surface area (Å²) in [5, 5.41) is 3.01. The van der Waals surface area contributed by atoms with Crippen LogP contribution in [0.25, 0.3) is 0 Å². The van der Waals surface area contributed by atoms with Gasteiger partial charge >= 0.3 is 6.03 Å². The molecule has 1 aliphatic rings. The predicted molar refractivity (Wildman–Crippen MR) is 136 cm³/mol. The number of anilines is 2. The lowest BCUT2D eigenvalue weighted by Crippen LogP contribution is -2.49. The van der Waals surface area contributed by atoms with Crippen LogP contribution < -0.4 is 15.0 Å².